The standard InChI is InChI=1S/C27H40N4O8SSi/c1-27(2,3)41(6,7)39-15-20(23(34)29-19(14-32)26(36)38-5)30-24(35)21-16-40-25(31-21)18-10-8-17(9-11-18)22(33)28-12-13-37-4/h8-11,16,19-20,32H,12-15H2,1-7H3,(H,28,33)(H,29,34)(H,30,35). The second kappa shape index (κ2) is 15.2. The van der Waals surface area contributed by atoms with Crippen LogP contribution in [-0.4, -0.2) is 94.8 Å². The van der Waals surface area contributed by atoms with Crippen LogP contribution in [0.25, 0.3) is 10.6 Å². The third-order valence-corrected chi connectivity index (χ3v) is 12.1. The average Bonchev–Trinajstić information content (AvgIpc) is 3.43. The summed E-state index contributed by atoms with van der Waals surface area (Å²) in [5, 5.41) is 19.3. The first kappa shape index (κ1) is 34.0. The van der Waals surface area contributed by atoms with Crippen molar-refractivity contribution in [2.75, 3.05) is 40.6 Å². The number of hydrogen-bond acceptors (Lipinski definition) is 10. The Balaban J connectivity index is 2.18. The SMILES string of the molecule is COCCNC(=O)c1ccc(-c2nc(C(=O)NC(CO[Si](C)(C)C(C)(C)C)C(=O)NC(CO)C(=O)OC)cs2)cc1. The molecule has 41 heavy (non-hydrogen) atoms. The Bertz CT molecular complexity index is 1200. The number of amides is 3. The summed E-state index contributed by atoms with van der Waals surface area (Å²) < 4.78 is 15.7. The molecule has 0 aliphatic rings. The van der Waals surface area contributed by atoms with E-state index >= 15 is 0 Å². The molecule has 2 aromatic rings. The zero-order chi connectivity index (χ0) is 30.8. The third-order valence-electron chi connectivity index (χ3n) is 6.75. The Morgan fingerprint density at radius 1 is 1.02 bits per heavy atom. The number of carbonyl (C=O) groups is 4. The molecule has 0 radical (unpaired) electrons. The molecule has 0 aliphatic carbocycles. The molecule has 226 valence electrons. The highest BCUT2D eigenvalue weighted by Gasteiger charge is 2.39. The molecule has 0 spiro atoms. The predicted molar refractivity (Wildman–Crippen MR) is 157 cm³/mol. The molecule has 14 heteroatoms. The highest BCUT2D eigenvalue weighted by Crippen LogP contribution is 2.36. The van der Waals surface area contributed by atoms with Gasteiger partial charge >= 0.3 is 5.97 Å². The van der Waals surface area contributed by atoms with E-state index in [1.54, 1.807) is 36.8 Å². The number of aliphatic hydroxyl groups is 1. The number of rotatable bonds is 14. The van der Waals surface area contributed by atoms with E-state index in [0.29, 0.717) is 29.3 Å². The summed E-state index contributed by atoms with van der Waals surface area (Å²) >= 11 is 1.23. The molecule has 12 nitrogen and oxygen atoms in total. The van der Waals surface area contributed by atoms with E-state index in [2.05, 4.69) is 25.7 Å². The van der Waals surface area contributed by atoms with Gasteiger partial charge in [-0.25, -0.2) is 9.78 Å². The number of nitrogens with one attached hydrogen (secondary N) is 3. The highest BCUT2D eigenvalue weighted by atomic mass is 32.1. The predicted octanol–water partition coefficient (Wildman–Crippen LogP) is 1.96. The largest absolute Gasteiger partial charge is 0.467 e. The van der Waals surface area contributed by atoms with Crippen LogP contribution in [0.1, 0.15) is 41.6 Å². The Labute approximate surface area is 245 Å². The molecular weight excluding hydrogens is 568 g/mol. The molecule has 2 rings (SSSR count). The van der Waals surface area contributed by atoms with Gasteiger partial charge in [0.05, 0.1) is 26.9 Å². The molecule has 1 aromatic heterocycles. The van der Waals surface area contributed by atoms with Gasteiger partial charge in [0, 0.05) is 30.2 Å². The van der Waals surface area contributed by atoms with Gasteiger partial charge in [-0.05, 0) is 30.3 Å². The first-order chi connectivity index (χ1) is 19.2. The number of esters is 1. The van der Waals surface area contributed by atoms with Gasteiger partial charge in [-0.15, -0.1) is 11.3 Å². The third kappa shape index (κ3) is 9.71. The number of aliphatic hydroxyl groups excluding tert-OH is 1. The van der Waals surface area contributed by atoms with Crippen LogP contribution < -0.4 is 16.0 Å². The minimum Gasteiger partial charge on any atom is -0.467 e. The maximum absolute atomic E-state index is 13.1. The quantitative estimate of drug-likeness (QED) is 0.143. The minimum atomic E-state index is -2.30. The Morgan fingerprint density at radius 3 is 2.24 bits per heavy atom. The molecule has 0 bridgehead atoms. The fraction of sp³-hybridized carbons (Fsp3) is 0.519. The van der Waals surface area contributed by atoms with Crippen LogP contribution in [0.5, 0.6) is 0 Å². The summed E-state index contributed by atoms with van der Waals surface area (Å²) in [5.74, 6) is -2.37. The van der Waals surface area contributed by atoms with Crippen molar-refractivity contribution >= 4 is 43.3 Å². The molecular formula is C27H40N4O8SSi. The van der Waals surface area contributed by atoms with E-state index in [1.807, 2.05) is 33.9 Å². The molecule has 0 aliphatic heterocycles. The van der Waals surface area contributed by atoms with E-state index in [-0.39, 0.29) is 23.2 Å². The van der Waals surface area contributed by atoms with Crippen LogP contribution >= 0.6 is 11.3 Å². The van der Waals surface area contributed by atoms with Gasteiger partial charge in [-0.2, -0.15) is 0 Å². The smallest absolute Gasteiger partial charge is 0.330 e. The summed E-state index contributed by atoms with van der Waals surface area (Å²) in [6.07, 6.45) is 0. The van der Waals surface area contributed by atoms with Crippen molar-refractivity contribution in [3.8, 4) is 10.6 Å². The van der Waals surface area contributed by atoms with Gasteiger partial charge in [-0.3, -0.25) is 14.4 Å². The Kier molecular flexibility index (Phi) is 12.6. The zero-order valence-electron chi connectivity index (χ0n) is 24.5. The molecule has 0 fully saturated rings. The van der Waals surface area contributed by atoms with E-state index < -0.39 is 44.8 Å². The number of benzene rings is 1. The van der Waals surface area contributed by atoms with Gasteiger partial charge in [0.15, 0.2) is 14.4 Å². The average molecular weight is 609 g/mol. The van der Waals surface area contributed by atoms with Crippen molar-refractivity contribution in [2.24, 2.45) is 0 Å². The molecule has 0 saturated heterocycles. The summed E-state index contributed by atoms with van der Waals surface area (Å²) in [6.45, 7) is 10.1. The zero-order valence-corrected chi connectivity index (χ0v) is 26.3. The fourth-order valence-corrected chi connectivity index (χ4v) is 4.98. The van der Waals surface area contributed by atoms with Crippen LogP contribution in [0.2, 0.25) is 18.1 Å². The van der Waals surface area contributed by atoms with Gasteiger partial charge in [0.2, 0.25) is 5.91 Å². The molecule has 4 N–H and O–H groups in total. The van der Waals surface area contributed by atoms with Crippen LogP contribution in [0.3, 0.4) is 0 Å². The molecule has 0 saturated carbocycles. The molecule has 1 aromatic carbocycles. The van der Waals surface area contributed by atoms with Crippen molar-refractivity contribution in [3.63, 3.8) is 0 Å². The van der Waals surface area contributed by atoms with E-state index in [0.717, 1.165) is 7.11 Å². The van der Waals surface area contributed by atoms with Crippen molar-refractivity contribution in [1.29, 1.82) is 0 Å². The summed E-state index contributed by atoms with van der Waals surface area (Å²) in [5.41, 5.74) is 1.27. The van der Waals surface area contributed by atoms with Crippen molar-refractivity contribution in [3.05, 3.63) is 40.9 Å². The molecule has 1 heterocycles. The lowest BCUT2D eigenvalue weighted by atomic mass is 10.1. The number of aromatic nitrogens is 1. The van der Waals surface area contributed by atoms with Gasteiger partial charge in [0.1, 0.15) is 16.7 Å². The van der Waals surface area contributed by atoms with E-state index in [1.165, 1.54) is 11.3 Å². The van der Waals surface area contributed by atoms with Crippen LogP contribution in [-0.2, 0) is 23.5 Å². The van der Waals surface area contributed by atoms with Crippen LogP contribution in [0.4, 0.5) is 0 Å². The molecule has 2 unspecified atom stereocenters. The number of ether oxygens (including phenoxy) is 2. The lowest BCUT2D eigenvalue weighted by molar-refractivity contribution is -0.146. The minimum absolute atomic E-state index is 0.0863. The lowest BCUT2D eigenvalue weighted by Crippen LogP contribution is -2.56. The van der Waals surface area contributed by atoms with E-state index in [9.17, 15) is 24.3 Å². The van der Waals surface area contributed by atoms with Crippen LogP contribution in [0, 0.1) is 0 Å². The second-order valence-corrected chi connectivity index (χ2v) is 16.4. The van der Waals surface area contributed by atoms with Gasteiger partial charge in [-0.1, -0.05) is 32.9 Å². The van der Waals surface area contributed by atoms with E-state index in [4.69, 9.17) is 9.16 Å². The first-order valence-electron chi connectivity index (χ1n) is 13.0. The number of methoxy groups -OCH3 is 2. The Hall–Kier alpha value is -3.17. The topological polar surface area (TPSA) is 165 Å². The van der Waals surface area contributed by atoms with Gasteiger partial charge in [0.25, 0.3) is 11.8 Å². The molecule has 3 amide bonds. The monoisotopic (exact) mass is 608 g/mol. The van der Waals surface area contributed by atoms with Crippen molar-refractivity contribution < 1.29 is 38.2 Å². The summed E-state index contributed by atoms with van der Waals surface area (Å²) in [7, 11) is 0.392. The van der Waals surface area contributed by atoms with Crippen LogP contribution in [0.15, 0.2) is 29.6 Å². The fourth-order valence-electron chi connectivity index (χ4n) is 3.16. The van der Waals surface area contributed by atoms with Crippen molar-refractivity contribution in [2.45, 2.75) is 51.0 Å². The number of thiazole rings is 1. The van der Waals surface area contributed by atoms with Crippen molar-refractivity contribution in [1.82, 2.24) is 20.9 Å². The first-order valence-corrected chi connectivity index (χ1v) is 16.8. The maximum Gasteiger partial charge on any atom is 0.330 e. The molecule has 2 atom stereocenters. The lowest BCUT2D eigenvalue weighted by Gasteiger charge is -2.37. The second-order valence-electron chi connectivity index (χ2n) is 10.7. The summed E-state index contributed by atoms with van der Waals surface area (Å²) in [4.78, 5) is 54.8. The maximum atomic E-state index is 13.1. The Morgan fingerprint density at radius 2 is 1.68 bits per heavy atom. The number of nitrogens with zero attached hydrogens (tertiary/aromatic N) is 1. The summed E-state index contributed by atoms with van der Waals surface area (Å²) in [6, 6.07) is 4.33. The number of carbonyl (C=O) groups excluding carboxylic acids is 4. The highest BCUT2D eigenvalue weighted by molar-refractivity contribution is 7.13. The van der Waals surface area contributed by atoms with Gasteiger partial charge < -0.3 is 35.0 Å². The normalized spacial score (nSPS) is 13.2. The number of hydrogen-bond donors (Lipinski definition) is 4.